The number of fused-ring (bicyclic) bond motifs is 1. The van der Waals surface area contributed by atoms with Gasteiger partial charge in [-0.05, 0) is 96.3 Å². The number of aryl methyl sites for hydroxylation is 1. The summed E-state index contributed by atoms with van der Waals surface area (Å²) >= 11 is 0. The molecule has 0 fully saturated rings. The standard InChI is InChI=1S/C34H39F3N4O6/c1-20-9-14-24(27(37)28(20)45-18-16-25(36)34(8,44)22-10-12-23(35)13-11-22)21-15-17-40-26(19-21)38-29(39-40)41(30(42)46-32(2,3)4)31(43)47-33(5,6)7/h9-15,17,19,25,44H,16,18H2,1-8H3. The number of hydrogen-bond donors (Lipinski definition) is 1. The molecule has 252 valence electrons. The van der Waals surface area contributed by atoms with Gasteiger partial charge in [-0.3, -0.25) is 0 Å². The van der Waals surface area contributed by atoms with Crippen LogP contribution in [0.5, 0.6) is 5.75 Å². The van der Waals surface area contributed by atoms with Gasteiger partial charge in [-0.25, -0.2) is 27.3 Å². The van der Waals surface area contributed by atoms with E-state index in [4.69, 9.17) is 14.2 Å². The average Bonchev–Trinajstić information content (AvgIpc) is 3.35. The predicted molar refractivity (Wildman–Crippen MR) is 169 cm³/mol. The Kier molecular flexibility index (Phi) is 9.91. The smallest absolute Gasteiger partial charge is 0.427 e. The number of aromatic nitrogens is 3. The summed E-state index contributed by atoms with van der Waals surface area (Å²) in [4.78, 5) is 31.0. The van der Waals surface area contributed by atoms with Crippen molar-refractivity contribution in [2.24, 2.45) is 0 Å². The third-order valence-corrected chi connectivity index (χ3v) is 6.94. The van der Waals surface area contributed by atoms with E-state index >= 15 is 8.78 Å². The second kappa shape index (κ2) is 13.2. The maximum Gasteiger partial charge on any atom is 0.427 e. The summed E-state index contributed by atoms with van der Waals surface area (Å²) in [5.74, 6) is -1.63. The zero-order valence-corrected chi connectivity index (χ0v) is 27.6. The second-order valence-corrected chi connectivity index (χ2v) is 13.3. The molecule has 4 rings (SSSR count). The van der Waals surface area contributed by atoms with Gasteiger partial charge in [0.2, 0.25) is 0 Å². The minimum atomic E-state index is -1.92. The van der Waals surface area contributed by atoms with Gasteiger partial charge in [0.25, 0.3) is 5.95 Å². The Morgan fingerprint density at radius 2 is 1.53 bits per heavy atom. The number of carbonyl (C=O) groups excluding carboxylic acids is 2. The van der Waals surface area contributed by atoms with E-state index in [1.165, 1.54) is 35.8 Å². The quantitative estimate of drug-likeness (QED) is 0.205. The zero-order chi connectivity index (χ0) is 34.9. The molecule has 47 heavy (non-hydrogen) atoms. The lowest BCUT2D eigenvalue weighted by Crippen LogP contribution is -2.44. The molecule has 1 N–H and O–H groups in total. The monoisotopic (exact) mass is 656 g/mol. The molecule has 2 unspecified atom stereocenters. The van der Waals surface area contributed by atoms with E-state index in [0.717, 1.165) is 12.1 Å². The minimum Gasteiger partial charge on any atom is -0.490 e. The topological polar surface area (TPSA) is 115 Å². The Labute approximate surface area is 271 Å². The maximum absolute atomic E-state index is 15.9. The number of carbonyl (C=O) groups is 2. The van der Waals surface area contributed by atoms with Gasteiger partial charge in [-0.15, -0.1) is 10.00 Å². The van der Waals surface area contributed by atoms with E-state index in [1.807, 2.05) is 0 Å². The van der Waals surface area contributed by atoms with Crippen LogP contribution in [0.4, 0.5) is 28.7 Å². The number of rotatable bonds is 8. The second-order valence-electron chi connectivity index (χ2n) is 13.3. The van der Waals surface area contributed by atoms with Crippen LogP contribution in [0.15, 0.2) is 54.7 Å². The third-order valence-electron chi connectivity index (χ3n) is 6.94. The number of nitrogens with zero attached hydrogens (tertiary/aromatic N) is 4. The van der Waals surface area contributed by atoms with Gasteiger partial charge in [0, 0.05) is 18.2 Å². The normalized spacial score (nSPS) is 14.0. The summed E-state index contributed by atoms with van der Waals surface area (Å²) in [6, 6.07) is 11.1. The molecular formula is C34H39F3N4O6. The summed E-state index contributed by atoms with van der Waals surface area (Å²) in [7, 11) is 0. The Hall–Kier alpha value is -4.65. The molecule has 0 bridgehead atoms. The van der Waals surface area contributed by atoms with E-state index in [0.29, 0.717) is 16.0 Å². The van der Waals surface area contributed by atoms with E-state index in [-0.39, 0.29) is 41.5 Å². The van der Waals surface area contributed by atoms with Crippen LogP contribution in [0.2, 0.25) is 0 Å². The zero-order valence-electron chi connectivity index (χ0n) is 27.6. The summed E-state index contributed by atoms with van der Waals surface area (Å²) in [6.07, 6.45) is -2.65. The Bertz CT molecular complexity index is 1730. The lowest BCUT2D eigenvalue weighted by atomic mass is 9.89. The fourth-order valence-corrected chi connectivity index (χ4v) is 4.55. The van der Waals surface area contributed by atoms with Crippen LogP contribution in [0, 0.1) is 18.6 Å². The highest BCUT2D eigenvalue weighted by atomic mass is 19.1. The van der Waals surface area contributed by atoms with Crippen molar-refractivity contribution in [1.29, 1.82) is 0 Å². The van der Waals surface area contributed by atoms with Crippen molar-refractivity contribution in [3.8, 4) is 16.9 Å². The molecule has 0 saturated carbocycles. The molecule has 2 amide bonds. The number of halogens is 3. The van der Waals surface area contributed by atoms with Crippen LogP contribution in [0.3, 0.4) is 0 Å². The first-order valence-corrected chi connectivity index (χ1v) is 14.9. The molecule has 2 atom stereocenters. The van der Waals surface area contributed by atoms with Gasteiger partial charge in [0.1, 0.15) is 28.8 Å². The van der Waals surface area contributed by atoms with Gasteiger partial charge in [-0.1, -0.05) is 24.3 Å². The third kappa shape index (κ3) is 8.39. The van der Waals surface area contributed by atoms with Gasteiger partial charge in [0.15, 0.2) is 17.2 Å². The van der Waals surface area contributed by atoms with Crippen molar-refractivity contribution in [1.82, 2.24) is 14.6 Å². The van der Waals surface area contributed by atoms with Crippen LogP contribution in [0.1, 0.15) is 66.0 Å². The van der Waals surface area contributed by atoms with Crippen LogP contribution >= 0.6 is 0 Å². The Morgan fingerprint density at radius 1 is 0.936 bits per heavy atom. The molecule has 10 nitrogen and oxygen atoms in total. The Balaban J connectivity index is 1.58. The molecular weight excluding hydrogens is 617 g/mol. The summed E-state index contributed by atoms with van der Waals surface area (Å²) in [6.45, 7) is 12.5. The average molecular weight is 657 g/mol. The van der Waals surface area contributed by atoms with Crippen molar-refractivity contribution in [2.45, 2.75) is 84.8 Å². The number of aliphatic hydroxyl groups is 1. The molecule has 4 aromatic rings. The molecule has 0 spiro atoms. The van der Waals surface area contributed by atoms with Gasteiger partial charge in [-0.2, -0.15) is 4.98 Å². The predicted octanol–water partition coefficient (Wildman–Crippen LogP) is 7.67. The Morgan fingerprint density at radius 3 is 2.11 bits per heavy atom. The molecule has 2 aromatic heterocycles. The minimum absolute atomic E-state index is 0.0980. The molecule has 0 radical (unpaired) electrons. The largest absolute Gasteiger partial charge is 0.490 e. The van der Waals surface area contributed by atoms with Gasteiger partial charge in [0.05, 0.1) is 6.61 Å². The number of alkyl halides is 1. The highest BCUT2D eigenvalue weighted by molar-refractivity contribution is 6.08. The van der Waals surface area contributed by atoms with Crippen molar-refractivity contribution in [3.05, 3.63) is 77.5 Å². The first-order valence-electron chi connectivity index (χ1n) is 14.9. The number of benzene rings is 2. The molecule has 2 heterocycles. The summed E-state index contributed by atoms with van der Waals surface area (Å²) < 4.78 is 62.0. The van der Waals surface area contributed by atoms with Crippen LogP contribution in [-0.4, -0.2) is 55.9 Å². The molecule has 0 aliphatic heterocycles. The van der Waals surface area contributed by atoms with Crippen LogP contribution < -0.4 is 9.64 Å². The van der Waals surface area contributed by atoms with Crippen LogP contribution in [-0.2, 0) is 15.1 Å². The molecule has 0 saturated heterocycles. The maximum atomic E-state index is 15.9. The first kappa shape index (κ1) is 35.2. The van der Waals surface area contributed by atoms with Crippen molar-refractivity contribution < 1.29 is 42.1 Å². The fraction of sp³-hybridized carbons (Fsp3) is 0.412. The lowest BCUT2D eigenvalue weighted by Gasteiger charge is -2.28. The van der Waals surface area contributed by atoms with E-state index in [2.05, 4.69) is 10.1 Å². The lowest BCUT2D eigenvalue weighted by molar-refractivity contribution is -0.0323. The highest BCUT2D eigenvalue weighted by Crippen LogP contribution is 2.34. The summed E-state index contributed by atoms with van der Waals surface area (Å²) in [5, 5.41) is 15.0. The number of hydrogen-bond acceptors (Lipinski definition) is 8. The van der Waals surface area contributed by atoms with Crippen molar-refractivity contribution >= 4 is 23.8 Å². The van der Waals surface area contributed by atoms with E-state index in [1.54, 1.807) is 66.7 Å². The number of anilines is 1. The molecule has 2 aromatic carbocycles. The number of ether oxygens (including phenoxy) is 3. The van der Waals surface area contributed by atoms with Crippen molar-refractivity contribution in [2.75, 3.05) is 11.5 Å². The molecule has 0 aliphatic carbocycles. The number of imide groups is 1. The summed E-state index contributed by atoms with van der Waals surface area (Å²) in [5.41, 5.74) is -2.42. The van der Waals surface area contributed by atoms with E-state index in [9.17, 15) is 19.1 Å². The number of amides is 2. The first-order chi connectivity index (χ1) is 21.8. The fourth-order valence-electron chi connectivity index (χ4n) is 4.55. The van der Waals surface area contributed by atoms with Gasteiger partial charge < -0.3 is 19.3 Å². The van der Waals surface area contributed by atoms with Gasteiger partial charge >= 0.3 is 12.2 Å². The van der Waals surface area contributed by atoms with Crippen LogP contribution in [0.25, 0.3) is 16.8 Å². The van der Waals surface area contributed by atoms with Crippen molar-refractivity contribution in [3.63, 3.8) is 0 Å². The molecule has 13 heteroatoms. The molecule has 0 aliphatic rings. The SMILES string of the molecule is Cc1ccc(-c2ccn3nc(N(C(=O)OC(C)(C)C)C(=O)OC(C)(C)C)nc3c2)c(F)c1OCCC(F)C(C)(O)c1ccc(F)cc1. The van der Waals surface area contributed by atoms with E-state index < -0.39 is 46.8 Å². The highest BCUT2D eigenvalue weighted by Gasteiger charge is 2.36. The number of pyridine rings is 1.